The van der Waals surface area contributed by atoms with Gasteiger partial charge in [-0.1, -0.05) is 6.92 Å². The van der Waals surface area contributed by atoms with Crippen LogP contribution in [0.3, 0.4) is 0 Å². The molecule has 1 aromatic heterocycles. The molecule has 0 bridgehead atoms. The molecule has 19 heavy (non-hydrogen) atoms. The molecule has 102 valence electrons. The molecule has 1 heterocycles. The molecule has 0 aliphatic heterocycles. The number of aryl methyl sites for hydroxylation is 1. The number of thiazole rings is 1. The second-order valence-electron chi connectivity index (χ2n) is 4.24. The number of nitrogens with zero attached hydrogens (tertiary/aromatic N) is 1. The van der Waals surface area contributed by atoms with Crippen molar-refractivity contribution in [3.63, 3.8) is 0 Å². The Balaban J connectivity index is 1.91. The number of benzene rings is 1. The number of methoxy groups -OCH3 is 1. The van der Waals surface area contributed by atoms with Gasteiger partial charge in [-0.3, -0.25) is 0 Å². The van der Waals surface area contributed by atoms with Gasteiger partial charge in [-0.25, -0.2) is 4.98 Å². The van der Waals surface area contributed by atoms with E-state index in [9.17, 15) is 0 Å². The number of hydrogen-bond acceptors (Lipinski definition) is 5. The minimum absolute atomic E-state index is 0.712. The molecule has 0 saturated heterocycles. The van der Waals surface area contributed by atoms with E-state index in [-0.39, 0.29) is 0 Å². The standard InChI is InChI=1S/C14H19N3OS/c1-3-12-8-17-14(19-12)9-16-7-10-6-11(18-2)4-5-13(10)15/h4-6,8,16H,3,7,9,15H2,1-2H3. The molecule has 5 heteroatoms. The summed E-state index contributed by atoms with van der Waals surface area (Å²) in [5.74, 6) is 0.827. The number of hydrogen-bond donors (Lipinski definition) is 2. The van der Waals surface area contributed by atoms with Crippen LogP contribution >= 0.6 is 11.3 Å². The van der Waals surface area contributed by atoms with E-state index in [1.54, 1.807) is 18.4 Å². The quantitative estimate of drug-likeness (QED) is 0.797. The topological polar surface area (TPSA) is 60.2 Å². The van der Waals surface area contributed by atoms with Gasteiger partial charge in [0.15, 0.2) is 0 Å². The van der Waals surface area contributed by atoms with E-state index < -0.39 is 0 Å². The van der Waals surface area contributed by atoms with Crippen LogP contribution in [0, 0.1) is 0 Å². The molecule has 0 fully saturated rings. The van der Waals surface area contributed by atoms with Crippen LogP contribution in [0.1, 0.15) is 22.4 Å². The number of aromatic nitrogens is 1. The number of nitrogens with one attached hydrogen (secondary N) is 1. The fraction of sp³-hybridized carbons (Fsp3) is 0.357. The molecule has 4 nitrogen and oxygen atoms in total. The minimum atomic E-state index is 0.712. The van der Waals surface area contributed by atoms with Crippen LogP contribution in [-0.4, -0.2) is 12.1 Å². The number of nitrogens with two attached hydrogens (primary N) is 1. The molecule has 0 aliphatic carbocycles. The van der Waals surface area contributed by atoms with Crippen LogP contribution in [0.15, 0.2) is 24.4 Å². The molecule has 0 radical (unpaired) electrons. The lowest BCUT2D eigenvalue weighted by Crippen LogP contribution is -2.13. The molecule has 3 N–H and O–H groups in total. The second kappa shape index (κ2) is 6.54. The van der Waals surface area contributed by atoms with Gasteiger partial charge in [0.05, 0.1) is 7.11 Å². The van der Waals surface area contributed by atoms with Gasteiger partial charge >= 0.3 is 0 Å². The Hall–Kier alpha value is -1.59. The van der Waals surface area contributed by atoms with Crippen LogP contribution in [-0.2, 0) is 19.5 Å². The summed E-state index contributed by atoms with van der Waals surface area (Å²) < 4.78 is 5.20. The van der Waals surface area contributed by atoms with E-state index in [0.29, 0.717) is 6.54 Å². The molecule has 0 unspecified atom stereocenters. The monoisotopic (exact) mass is 277 g/mol. The van der Waals surface area contributed by atoms with Gasteiger partial charge in [-0.05, 0) is 30.2 Å². The largest absolute Gasteiger partial charge is 0.497 e. The number of nitrogen functional groups attached to an aromatic ring is 1. The summed E-state index contributed by atoms with van der Waals surface area (Å²) in [5.41, 5.74) is 7.77. The van der Waals surface area contributed by atoms with Crippen molar-refractivity contribution in [2.75, 3.05) is 12.8 Å². The molecule has 1 aromatic carbocycles. The minimum Gasteiger partial charge on any atom is -0.497 e. The van der Waals surface area contributed by atoms with Crippen molar-refractivity contribution < 1.29 is 4.74 Å². The zero-order valence-electron chi connectivity index (χ0n) is 11.3. The predicted molar refractivity (Wildman–Crippen MR) is 79.4 cm³/mol. The summed E-state index contributed by atoms with van der Waals surface area (Å²) in [5, 5.41) is 4.47. The van der Waals surface area contributed by atoms with E-state index in [1.807, 2.05) is 24.4 Å². The lowest BCUT2D eigenvalue weighted by molar-refractivity contribution is 0.414. The van der Waals surface area contributed by atoms with Crippen molar-refractivity contribution in [3.8, 4) is 5.75 Å². The maximum Gasteiger partial charge on any atom is 0.119 e. The molecule has 0 atom stereocenters. The third-order valence-corrected chi connectivity index (χ3v) is 4.03. The van der Waals surface area contributed by atoms with Crippen molar-refractivity contribution in [2.45, 2.75) is 26.4 Å². The summed E-state index contributed by atoms with van der Waals surface area (Å²) in [4.78, 5) is 5.69. The first kappa shape index (κ1) is 13.8. The number of anilines is 1. The molecule has 2 rings (SSSR count). The molecular formula is C14H19N3OS. The molecule has 0 saturated carbocycles. The fourth-order valence-corrected chi connectivity index (χ4v) is 2.59. The lowest BCUT2D eigenvalue weighted by Gasteiger charge is -2.08. The van der Waals surface area contributed by atoms with Gasteiger partial charge in [0.1, 0.15) is 10.8 Å². The van der Waals surface area contributed by atoms with Gasteiger partial charge < -0.3 is 15.8 Å². The lowest BCUT2D eigenvalue weighted by atomic mass is 10.1. The first-order chi connectivity index (χ1) is 9.22. The summed E-state index contributed by atoms with van der Waals surface area (Å²) in [6.45, 7) is 3.62. The van der Waals surface area contributed by atoms with Gasteiger partial charge in [0.25, 0.3) is 0 Å². The third kappa shape index (κ3) is 3.68. The summed E-state index contributed by atoms with van der Waals surface area (Å²) in [6.07, 6.45) is 2.99. The number of ether oxygens (including phenoxy) is 1. The van der Waals surface area contributed by atoms with E-state index in [2.05, 4.69) is 17.2 Å². The van der Waals surface area contributed by atoms with Crippen molar-refractivity contribution in [1.29, 1.82) is 0 Å². The average molecular weight is 277 g/mol. The Morgan fingerprint density at radius 2 is 2.21 bits per heavy atom. The summed E-state index contributed by atoms with van der Waals surface area (Å²) in [6, 6.07) is 5.70. The summed E-state index contributed by atoms with van der Waals surface area (Å²) >= 11 is 1.75. The highest BCUT2D eigenvalue weighted by molar-refractivity contribution is 7.11. The van der Waals surface area contributed by atoms with Crippen LogP contribution in [0.25, 0.3) is 0 Å². The molecule has 0 aliphatic rings. The normalized spacial score (nSPS) is 10.6. The van der Waals surface area contributed by atoms with Crippen molar-refractivity contribution in [3.05, 3.63) is 39.8 Å². The van der Waals surface area contributed by atoms with E-state index in [1.165, 1.54) is 4.88 Å². The maximum absolute atomic E-state index is 5.94. The Morgan fingerprint density at radius 1 is 1.37 bits per heavy atom. The Labute approximate surface area is 117 Å². The van der Waals surface area contributed by atoms with Crippen molar-refractivity contribution in [2.24, 2.45) is 0 Å². The maximum atomic E-state index is 5.94. The first-order valence-electron chi connectivity index (χ1n) is 6.29. The first-order valence-corrected chi connectivity index (χ1v) is 7.11. The smallest absolute Gasteiger partial charge is 0.119 e. The molecule has 0 amide bonds. The van der Waals surface area contributed by atoms with Gasteiger partial charge in [-0.2, -0.15) is 0 Å². The Kier molecular flexibility index (Phi) is 4.76. The van der Waals surface area contributed by atoms with Crippen LogP contribution in [0.5, 0.6) is 5.75 Å². The zero-order chi connectivity index (χ0) is 13.7. The van der Waals surface area contributed by atoms with E-state index >= 15 is 0 Å². The molecular weight excluding hydrogens is 258 g/mol. The fourth-order valence-electron chi connectivity index (χ4n) is 1.76. The highest BCUT2D eigenvalue weighted by atomic mass is 32.1. The average Bonchev–Trinajstić information content (AvgIpc) is 2.89. The second-order valence-corrected chi connectivity index (χ2v) is 5.44. The van der Waals surface area contributed by atoms with E-state index in [4.69, 9.17) is 10.5 Å². The van der Waals surface area contributed by atoms with Crippen molar-refractivity contribution >= 4 is 17.0 Å². The van der Waals surface area contributed by atoms with Gasteiger partial charge in [-0.15, -0.1) is 11.3 Å². The summed E-state index contributed by atoms with van der Waals surface area (Å²) in [7, 11) is 1.66. The highest BCUT2D eigenvalue weighted by Crippen LogP contribution is 2.19. The van der Waals surface area contributed by atoms with Crippen molar-refractivity contribution in [1.82, 2.24) is 10.3 Å². The van der Waals surface area contributed by atoms with Crippen LogP contribution in [0.2, 0.25) is 0 Å². The van der Waals surface area contributed by atoms with Crippen LogP contribution < -0.4 is 15.8 Å². The SMILES string of the molecule is CCc1cnc(CNCc2cc(OC)ccc2N)s1. The highest BCUT2D eigenvalue weighted by Gasteiger charge is 2.03. The Morgan fingerprint density at radius 3 is 2.89 bits per heavy atom. The Bertz CT molecular complexity index is 539. The predicted octanol–water partition coefficient (Wildman–Crippen LogP) is 2.59. The van der Waals surface area contributed by atoms with E-state index in [0.717, 1.165) is 35.0 Å². The number of rotatable bonds is 6. The molecule has 0 spiro atoms. The van der Waals surface area contributed by atoms with Crippen LogP contribution in [0.4, 0.5) is 5.69 Å². The van der Waals surface area contributed by atoms with Gasteiger partial charge in [0, 0.05) is 29.9 Å². The molecule has 2 aromatic rings. The van der Waals surface area contributed by atoms with Gasteiger partial charge in [0.2, 0.25) is 0 Å². The zero-order valence-corrected chi connectivity index (χ0v) is 12.1. The third-order valence-electron chi connectivity index (χ3n) is 2.89.